The van der Waals surface area contributed by atoms with Gasteiger partial charge in [0.25, 0.3) is 0 Å². The molecule has 0 spiro atoms. The van der Waals surface area contributed by atoms with Crippen molar-refractivity contribution >= 4 is 5.69 Å². The Morgan fingerprint density at radius 1 is 0.875 bits per heavy atom. The zero-order valence-corrected chi connectivity index (χ0v) is 9.64. The van der Waals surface area contributed by atoms with E-state index in [-0.39, 0.29) is 0 Å². The van der Waals surface area contributed by atoms with Crippen molar-refractivity contribution in [1.82, 2.24) is 4.98 Å². The number of aromatic nitrogens is 1. The molecular weight excluding hydrogens is 196 g/mol. The van der Waals surface area contributed by atoms with Crippen LogP contribution in [0, 0.1) is 0 Å². The first kappa shape index (κ1) is 10.7. The molecule has 0 radical (unpaired) electrons. The summed E-state index contributed by atoms with van der Waals surface area (Å²) in [5.74, 6) is 0. The van der Waals surface area contributed by atoms with Crippen LogP contribution >= 0.6 is 0 Å². The third kappa shape index (κ3) is 2.60. The molecule has 0 aliphatic carbocycles. The SMILES string of the molecule is CC(C)Nc1ccc(-c2ccncc2)cc1. The standard InChI is InChI=1S/C14H16N2/c1-11(2)16-14-5-3-12(4-6-14)13-7-9-15-10-8-13/h3-11,16H,1-2H3. The maximum atomic E-state index is 4.02. The molecule has 2 heteroatoms. The number of anilines is 1. The summed E-state index contributed by atoms with van der Waals surface area (Å²) < 4.78 is 0. The topological polar surface area (TPSA) is 24.9 Å². The lowest BCUT2D eigenvalue weighted by atomic mass is 10.1. The van der Waals surface area contributed by atoms with E-state index in [0.29, 0.717) is 6.04 Å². The maximum Gasteiger partial charge on any atom is 0.0342 e. The second-order valence-corrected chi connectivity index (χ2v) is 4.11. The van der Waals surface area contributed by atoms with Crippen molar-refractivity contribution in [2.24, 2.45) is 0 Å². The molecule has 0 saturated carbocycles. The van der Waals surface area contributed by atoms with E-state index < -0.39 is 0 Å². The summed E-state index contributed by atoms with van der Waals surface area (Å²) in [7, 11) is 0. The molecule has 1 aromatic carbocycles. The van der Waals surface area contributed by atoms with Crippen LogP contribution in [0.4, 0.5) is 5.69 Å². The van der Waals surface area contributed by atoms with Crippen LogP contribution in [0.1, 0.15) is 13.8 Å². The first-order chi connectivity index (χ1) is 7.75. The van der Waals surface area contributed by atoms with Crippen LogP contribution in [-0.2, 0) is 0 Å². The summed E-state index contributed by atoms with van der Waals surface area (Å²) in [4.78, 5) is 4.02. The summed E-state index contributed by atoms with van der Waals surface area (Å²) >= 11 is 0. The molecule has 0 amide bonds. The second kappa shape index (κ2) is 4.79. The van der Waals surface area contributed by atoms with E-state index in [1.807, 2.05) is 24.5 Å². The van der Waals surface area contributed by atoms with Crippen molar-refractivity contribution in [2.45, 2.75) is 19.9 Å². The Morgan fingerprint density at radius 2 is 1.44 bits per heavy atom. The van der Waals surface area contributed by atoms with Gasteiger partial charge in [-0.15, -0.1) is 0 Å². The third-order valence-electron chi connectivity index (χ3n) is 2.35. The third-order valence-corrected chi connectivity index (χ3v) is 2.35. The first-order valence-corrected chi connectivity index (χ1v) is 5.53. The minimum atomic E-state index is 0.465. The highest BCUT2D eigenvalue weighted by atomic mass is 14.9. The molecule has 0 bridgehead atoms. The summed E-state index contributed by atoms with van der Waals surface area (Å²) in [5, 5.41) is 3.37. The van der Waals surface area contributed by atoms with Gasteiger partial charge in [0.15, 0.2) is 0 Å². The highest BCUT2D eigenvalue weighted by molar-refractivity contribution is 5.65. The van der Waals surface area contributed by atoms with Gasteiger partial charge in [-0.05, 0) is 49.2 Å². The molecule has 2 nitrogen and oxygen atoms in total. The highest BCUT2D eigenvalue weighted by Gasteiger charge is 1.98. The van der Waals surface area contributed by atoms with E-state index in [1.54, 1.807) is 0 Å². The van der Waals surface area contributed by atoms with Crippen LogP contribution in [0.25, 0.3) is 11.1 Å². The van der Waals surface area contributed by atoms with Gasteiger partial charge < -0.3 is 5.32 Å². The van der Waals surface area contributed by atoms with Gasteiger partial charge in [-0.25, -0.2) is 0 Å². The molecule has 82 valence electrons. The van der Waals surface area contributed by atoms with Gasteiger partial charge in [-0.3, -0.25) is 4.98 Å². The van der Waals surface area contributed by atoms with Crippen molar-refractivity contribution in [3.05, 3.63) is 48.8 Å². The molecule has 0 aliphatic rings. The quantitative estimate of drug-likeness (QED) is 0.841. The van der Waals surface area contributed by atoms with Gasteiger partial charge in [0.05, 0.1) is 0 Å². The monoisotopic (exact) mass is 212 g/mol. The van der Waals surface area contributed by atoms with Crippen molar-refractivity contribution in [3.63, 3.8) is 0 Å². The molecule has 1 N–H and O–H groups in total. The minimum Gasteiger partial charge on any atom is -0.383 e. The lowest BCUT2D eigenvalue weighted by Crippen LogP contribution is -2.09. The Labute approximate surface area is 96.4 Å². The first-order valence-electron chi connectivity index (χ1n) is 5.53. The molecule has 0 atom stereocenters. The van der Waals surface area contributed by atoms with E-state index in [4.69, 9.17) is 0 Å². The smallest absolute Gasteiger partial charge is 0.0342 e. The van der Waals surface area contributed by atoms with Gasteiger partial charge in [-0.2, -0.15) is 0 Å². The zero-order chi connectivity index (χ0) is 11.4. The molecule has 0 unspecified atom stereocenters. The number of hydrogen-bond donors (Lipinski definition) is 1. The predicted molar refractivity (Wildman–Crippen MR) is 68.4 cm³/mol. The fourth-order valence-corrected chi connectivity index (χ4v) is 1.64. The van der Waals surface area contributed by atoms with Gasteiger partial charge in [0, 0.05) is 24.1 Å². The van der Waals surface area contributed by atoms with Gasteiger partial charge >= 0.3 is 0 Å². The van der Waals surface area contributed by atoms with Crippen LogP contribution in [0.2, 0.25) is 0 Å². The van der Waals surface area contributed by atoms with Crippen LogP contribution in [0.3, 0.4) is 0 Å². The minimum absolute atomic E-state index is 0.465. The average molecular weight is 212 g/mol. The normalized spacial score (nSPS) is 10.4. The van der Waals surface area contributed by atoms with E-state index >= 15 is 0 Å². The van der Waals surface area contributed by atoms with E-state index in [0.717, 1.165) is 5.69 Å². The largest absolute Gasteiger partial charge is 0.383 e. The Morgan fingerprint density at radius 3 is 2.00 bits per heavy atom. The Hall–Kier alpha value is -1.83. The number of hydrogen-bond acceptors (Lipinski definition) is 2. The molecule has 1 heterocycles. The van der Waals surface area contributed by atoms with Crippen LogP contribution in [-0.4, -0.2) is 11.0 Å². The summed E-state index contributed by atoms with van der Waals surface area (Å²) in [6.45, 7) is 4.27. The van der Waals surface area contributed by atoms with Crippen molar-refractivity contribution in [2.75, 3.05) is 5.32 Å². The van der Waals surface area contributed by atoms with Crippen molar-refractivity contribution < 1.29 is 0 Å². The van der Waals surface area contributed by atoms with E-state index in [1.165, 1.54) is 11.1 Å². The zero-order valence-electron chi connectivity index (χ0n) is 9.64. The molecule has 0 aliphatic heterocycles. The Bertz CT molecular complexity index is 432. The summed E-state index contributed by atoms with van der Waals surface area (Å²) in [6, 6.07) is 13.0. The maximum absolute atomic E-state index is 4.02. The number of benzene rings is 1. The van der Waals surface area contributed by atoms with E-state index in [9.17, 15) is 0 Å². The number of nitrogens with zero attached hydrogens (tertiary/aromatic N) is 1. The number of rotatable bonds is 3. The highest BCUT2D eigenvalue weighted by Crippen LogP contribution is 2.20. The fraction of sp³-hybridized carbons (Fsp3) is 0.214. The van der Waals surface area contributed by atoms with Crippen LogP contribution < -0.4 is 5.32 Å². The molecular formula is C14H16N2. The summed E-state index contributed by atoms with van der Waals surface area (Å²) in [5.41, 5.74) is 3.58. The van der Waals surface area contributed by atoms with Crippen LogP contribution in [0.5, 0.6) is 0 Å². The van der Waals surface area contributed by atoms with Crippen LogP contribution in [0.15, 0.2) is 48.8 Å². The summed E-state index contributed by atoms with van der Waals surface area (Å²) in [6.07, 6.45) is 3.63. The van der Waals surface area contributed by atoms with E-state index in [2.05, 4.69) is 48.4 Å². The van der Waals surface area contributed by atoms with Gasteiger partial charge in [0.1, 0.15) is 0 Å². The second-order valence-electron chi connectivity index (χ2n) is 4.11. The van der Waals surface area contributed by atoms with Crippen molar-refractivity contribution in [3.8, 4) is 11.1 Å². The molecule has 1 aromatic heterocycles. The molecule has 16 heavy (non-hydrogen) atoms. The molecule has 2 rings (SSSR count). The molecule has 2 aromatic rings. The van der Waals surface area contributed by atoms with Gasteiger partial charge in [0.2, 0.25) is 0 Å². The lowest BCUT2D eigenvalue weighted by molar-refractivity contribution is 0.900. The number of pyridine rings is 1. The Kier molecular flexibility index (Phi) is 3.20. The number of nitrogens with one attached hydrogen (secondary N) is 1. The lowest BCUT2D eigenvalue weighted by Gasteiger charge is -2.10. The molecule has 0 saturated heterocycles. The Balaban J connectivity index is 2.20. The van der Waals surface area contributed by atoms with Crippen molar-refractivity contribution in [1.29, 1.82) is 0 Å². The molecule has 0 fully saturated rings. The average Bonchev–Trinajstić information content (AvgIpc) is 2.30. The van der Waals surface area contributed by atoms with Gasteiger partial charge in [-0.1, -0.05) is 12.1 Å². The predicted octanol–water partition coefficient (Wildman–Crippen LogP) is 3.57. The fourth-order valence-electron chi connectivity index (χ4n) is 1.64.